The van der Waals surface area contributed by atoms with Gasteiger partial charge in [-0.2, -0.15) is 0 Å². The maximum absolute atomic E-state index is 6.11. The lowest BCUT2D eigenvalue weighted by Gasteiger charge is -2.06. The van der Waals surface area contributed by atoms with Crippen LogP contribution in [0, 0.1) is 0 Å². The van der Waals surface area contributed by atoms with Crippen molar-refractivity contribution in [3.05, 3.63) is 33.9 Å². The number of aromatic nitrogens is 1. The van der Waals surface area contributed by atoms with Gasteiger partial charge in [0.05, 0.1) is 10.5 Å². The number of hydrogen-bond donors (Lipinski definition) is 1. The third-order valence-corrected chi connectivity index (χ3v) is 3.40. The molecule has 0 bridgehead atoms. The van der Waals surface area contributed by atoms with E-state index >= 15 is 0 Å². The molecule has 2 rings (SSSR count). The van der Waals surface area contributed by atoms with Crippen LogP contribution in [0.25, 0.3) is 10.9 Å². The first-order chi connectivity index (χ1) is 7.13. The number of benzene rings is 1. The summed E-state index contributed by atoms with van der Waals surface area (Å²) in [6.07, 6.45) is 3.14. The molecule has 0 spiro atoms. The Morgan fingerprint density at radius 3 is 2.73 bits per heavy atom. The van der Waals surface area contributed by atoms with Crippen molar-refractivity contribution in [3.8, 4) is 0 Å². The van der Waals surface area contributed by atoms with Gasteiger partial charge >= 0.3 is 0 Å². The second-order valence-corrected chi connectivity index (χ2v) is 4.71. The number of halogens is 2. The molecule has 1 N–H and O–H groups in total. The van der Waals surface area contributed by atoms with E-state index in [-0.39, 0.29) is 0 Å². The summed E-state index contributed by atoms with van der Waals surface area (Å²) in [6.45, 7) is 4.38. The summed E-state index contributed by atoms with van der Waals surface area (Å²) in [4.78, 5) is 3.21. The molecule has 1 heterocycles. The highest BCUT2D eigenvalue weighted by atomic mass is 35.5. The molecule has 0 aliphatic carbocycles. The van der Waals surface area contributed by atoms with Crippen LogP contribution < -0.4 is 0 Å². The Kier molecular flexibility index (Phi) is 2.94. The highest BCUT2D eigenvalue weighted by Crippen LogP contribution is 2.33. The van der Waals surface area contributed by atoms with Crippen LogP contribution in [0.3, 0.4) is 0 Å². The second kappa shape index (κ2) is 4.07. The molecule has 0 aliphatic heterocycles. The molecule has 0 radical (unpaired) electrons. The Balaban J connectivity index is 2.68. The van der Waals surface area contributed by atoms with Crippen molar-refractivity contribution < 1.29 is 0 Å². The minimum absolute atomic E-state index is 0.522. The first-order valence-corrected chi connectivity index (χ1v) is 5.85. The van der Waals surface area contributed by atoms with Gasteiger partial charge in [-0.25, -0.2) is 0 Å². The number of hydrogen-bond acceptors (Lipinski definition) is 0. The fraction of sp³-hybridized carbons (Fsp3) is 0.333. The van der Waals surface area contributed by atoms with Crippen molar-refractivity contribution >= 4 is 34.1 Å². The molecule has 1 aromatic heterocycles. The zero-order valence-electron chi connectivity index (χ0n) is 8.77. The lowest BCUT2D eigenvalue weighted by molar-refractivity contribution is 0.739. The smallest absolute Gasteiger partial charge is 0.0661 e. The number of fused-ring (bicyclic) bond motifs is 1. The van der Waals surface area contributed by atoms with Crippen LogP contribution in [0.4, 0.5) is 0 Å². The molecule has 0 saturated heterocycles. The van der Waals surface area contributed by atoms with Gasteiger partial charge in [-0.3, -0.25) is 0 Å². The molecule has 3 heteroatoms. The van der Waals surface area contributed by atoms with Crippen LogP contribution in [-0.2, 0) is 0 Å². The van der Waals surface area contributed by atoms with Gasteiger partial charge in [0, 0.05) is 16.6 Å². The van der Waals surface area contributed by atoms with Gasteiger partial charge in [-0.15, -0.1) is 0 Å². The second-order valence-electron chi connectivity index (χ2n) is 3.86. The van der Waals surface area contributed by atoms with Crippen LogP contribution in [0.5, 0.6) is 0 Å². The van der Waals surface area contributed by atoms with Crippen LogP contribution in [0.15, 0.2) is 18.3 Å². The van der Waals surface area contributed by atoms with Gasteiger partial charge in [0.15, 0.2) is 0 Å². The van der Waals surface area contributed by atoms with Gasteiger partial charge in [0.2, 0.25) is 0 Å². The van der Waals surface area contributed by atoms with Crippen LogP contribution in [0.2, 0.25) is 10.0 Å². The van der Waals surface area contributed by atoms with E-state index in [1.807, 2.05) is 12.3 Å². The number of aromatic amines is 1. The molecule has 1 unspecified atom stereocenters. The fourth-order valence-electron chi connectivity index (χ4n) is 1.80. The molecule has 1 atom stereocenters. The van der Waals surface area contributed by atoms with Crippen LogP contribution in [-0.4, -0.2) is 4.98 Å². The Labute approximate surface area is 99.4 Å². The largest absolute Gasteiger partial charge is 0.360 e. The van der Waals surface area contributed by atoms with Crippen molar-refractivity contribution in [1.29, 1.82) is 0 Å². The van der Waals surface area contributed by atoms with E-state index in [4.69, 9.17) is 23.2 Å². The first-order valence-electron chi connectivity index (χ1n) is 5.09. The maximum atomic E-state index is 6.11. The van der Waals surface area contributed by atoms with E-state index in [0.29, 0.717) is 16.0 Å². The summed E-state index contributed by atoms with van der Waals surface area (Å²) in [6, 6.07) is 3.74. The van der Waals surface area contributed by atoms with E-state index in [1.54, 1.807) is 6.07 Å². The molecular formula is C12H13Cl2N. The Morgan fingerprint density at radius 2 is 2.07 bits per heavy atom. The molecule has 1 aromatic carbocycles. The zero-order valence-corrected chi connectivity index (χ0v) is 10.3. The topological polar surface area (TPSA) is 15.8 Å². The summed E-state index contributed by atoms with van der Waals surface area (Å²) in [5, 5.41) is 2.52. The lowest BCUT2D eigenvalue weighted by Crippen LogP contribution is -1.88. The molecule has 15 heavy (non-hydrogen) atoms. The summed E-state index contributed by atoms with van der Waals surface area (Å²) < 4.78 is 0. The lowest BCUT2D eigenvalue weighted by atomic mass is 9.98. The highest BCUT2D eigenvalue weighted by molar-refractivity contribution is 6.38. The van der Waals surface area contributed by atoms with Crippen molar-refractivity contribution in [3.63, 3.8) is 0 Å². The van der Waals surface area contributed by atoms with Crippen molar-refractivity contribution in [2.45, 2.75) is 26.2 Å². The van der Waals surface area contributed by atoms with Gasteiger partial charge in [0.25, 0.3) is 0 Å². The van der Waals surface area contributed by atoms with Gasteiger partial charge < -0.3 is 4.98 Å². The monoisotopic (exact) mass is 241 g/mol. The van der Waals surface area contributed by atoms with E-state index in [1.165, 1.54) is 5.56 Å². The van der Waals surface area contributed by atoms with Crippen molar-refractivity contribution in [2.75, 3.05) is 0 Å². The van der Waals surface area contributed by atoms with Gasteiger partial charge in [-0.1, -0.05) is 37.0 Å². The van der Waals surface area contributed by atoms with Crippen molar-refractivity contribution in [2.24, 2.45) is 0 Å². The maximum Gasteiger partial charge on any atom is 0.0661 e. The quantitative estimate of drug-likeness (QED) is 0.763. The Morgan fingerprint density at radius 1 is 1.33 bits per heavy atom. The number of nitrogens with one attached hydrogen (secondary N) is 1. The molecule has 2 aromatic rings. The summed E-state index contributed by atoms with van der Waals surface area (Å²) >= 11 is 12.1. The molecule has 0 saturated carbocycles. The molecule has 0 fully saturated rings. The van der Waals surface area contributed by atoms with E-state index in [0.717, 1.165) is 17.3 Å². The number of rotatable bonds is 2. The first kappa shape index (κ1) is 10.8. The van der Waals surface area contributed by atoms with E-state index < -0.39 is 0 Å². The predicted molar refractivity (Wildman–Crippen MR) is 67.0 cm³/mol. The molecule has 0 amide bonds. The van der Waals surface area contributed by atoms with Gasteiger partial charge in [0.1, 0.15) is 0 Å². The molecule has 80 valence electrons. The van der Waals surface area contributed by atoms with Gasteiger partial charge in [-0.05, 0) is 30.0 Å². The summed E-state index contributed by atoms with van der Waals surface area (Å²) in [5.74, 6) is 0.522. The molecular weight excluding hydrogens is 229 g/mol. The standard InChI is InChI=1S/C12H13Cl2N/c1-3-7(2)10-6-15-12-9(10)4-8(13)5-11(12)14/h4-7,15H,3H2,1-2H3. The van der Waals surface area contributed by atoms with Crippen molar-refractivity contribution in [1.82, 2.24) is 4.98 Å². The molecule has 0 aliphatic rings. The molecule has 1 nitrogen and oxygen atoms in total. The highest BCUT2D eigenvalue weighted by Gasteiger charge is 2.12. The summed E-state index contributed by atoms with van der Waals surface area (Å²) in [5.41, 5.74) is 2.27. The average Bonchev–Trinajstić information content (AvgIpc) is 2.60. The Hall–Kier alpha value is -0.660. The fourth-order valence-corrected chi connectivity index (χ4v) is 2.35. The zero-order chi connectivity index (χ0) is 11.0. The average molecular weight is 242 g/mol. The number of H-pyrrole nitrogens is 1. The summed E-state index contributed by atoms with van der Waals surface area (Å²) in [7, 11) is 0. The van der Waals surface area contributed by atoms with E-state index in [2.05, 4.69) is 18.8 Å². The SMILES string of the molecule is CCC(C)c1c[nH]c2c(Cl)cc(Cl)cc12. The van der Waals surface area contributed by atoms with Crippen LogP contribution >= 0.6 is 23.2 Å². The van der Waals surface area contributed by atoms with E-state index in [9.17, 15) is 0 Å². The third kappa shape index (κ3) is 1.86. The minimum atomic E-state index is 0.522. The normalized spacial score (nSPS) is 13.3. The minimum Gasteiger partial charge on any atom is -0.360 e. The predicted octanol–water partition coefficient (Wildman–Crippen LogP) is 4.99. The Bertz CT molecular complexity index is 488. The third-order valence-electron chi connectivity index (χ3n) is 2.88. The van der Waals surface area contributed by atoms with Crippen LogP contribution in [0.1, 0.15) is 31.7 Å².